The van der Waals surface area contributed by atoms with Crippen molar-refractivity contribution < 1.29 is 4.79 Å². The van der Waals surface area contributed by atoms with Crippen LogP contribution in [0.2, 0.25) is 0 Å². The van der Waals surface area contributed by atoms with E-state index in [0.29, 0.717) is 17.8 Å². The number of likely N-dealkylation sites (N-methyl/N-ethyl adjacent to an activating group) is 1. The minimum Gasteiger partial charge on any atom is -0.333 e. The molecule has 3 heterocycles. The first-order chi connectivity index (χ1) is 9.81. The number of amides is 1. The van der Waals surface area contributed by atoms with Gasteiger partial charge in [-0.1, -0.05) is 6.92 Å². The Balaban J connectivity index is 1.77. The highest BCUT2D eigenvalue weighted by atomic mass is 16.2. The highest BCUT2D eigenvalue weighted by molar-refractivity contribution is 5.92. The molecule has 2 saturated heterocycles. The summed E-state index contributed by atoms with van der Waals surface area (Å²) in [5.41, 5.74) is 0.473. The van der Waals surface area contributed by atoms with E-state index >= 15 is 0 Å². The number of rotatable bonds is 3. The summed E-state index contributed by atoms with van der Waals surface area (Å²) in [6.45, 7) is 5.31. The second-order valence-corrected chi connectivity index (χ2v) is 5.64. The van der Waals surface area contributed by atoms with E-state index in [1.165, 1.54) is 19.4 Å². The molecule has 20 heavy (non-hydrogen) atoms. The van der Waals surface area contributed by atoms with Crippen LogP contribution >= 0.6 is 0 Å². The number of hydrogen-bond donors (Lipinski definition) is 0. The Kier molecular flexibility index (Phi) is 3.96. The first-order valence-electron chi connectivity index (χ1n) is 7.62. The molecular weight excluding hydrogens is 252 g/mol. The Labute approximate surface area is 120 Å². The third kappa shape index (κ3) is 2.42. The quantitative estimate of drug-likeness (QED) is 0.839. The van der Waals surface area contributed by atoms with Gasteiger partial charge in [0.2, 0.25) is 0 Å². The lowest BCUT2D eigenvalue weighted by atomic mass is 10.0. The summed E-state index contributed by atoms with van der Waals surface area (Å²) in [4.78, 5) is 25.3. The molecule has 3 rings (SSSR count). The van der Waals surface area contributed by atoms with Gasteiger partial charge in [-0.3, -0.25) is 14.7 Å². The zero-order valence-electron chi connectivity index (χ0n) is 12.0. The van der Waals surface area contributed by atoms with Crippen LogP contribution in [-0.4, -0.2) is 57.4 Å². The van der Waals surface area contributed by atoms with Crippen molar-refractivity contribution in [2.24, 2.45) is 0 Å². The number of carbonyl (C=O) groups is 1. The molecule has 2 aliphatic heterocycles. The van der Waals surface area contributed by atoms with Gasteiger partial charge < -0.3 is 4.90 Å². The molecule has 108 valence electrons. The molecule has 0 bridgehead atoms. The van der Waals surface area contributed by atoms with Crippen molar-refractivity contribution in [2.45, 2.75) is 44.7 Å². The van der Waals surface area contributed by atoms with Gasteiger partial charge in [0, 0.05) is 31.0 Å². The Morgan fingerprint density at radius 1 is 1.25 bits per heavy atom. The summed E-state index contributed by atoms with van der Waals surface area (Å²) in [7, 11) is 0. The normalized spacial score (nSPS) is 27.1. The van der Waals surface area contributed by atoms with E-state index in [1.807, 2.05) is 4.90 Å². The van der Waals surface area contributed by atoms with Crippen molar-refractivity contribution in [3.05, 3.63) is 24.3 Å². The zero-order chi connectivity index (χ0) is 13.9. The van der Waals surface area contributed by atoms with E-state index in [0.717, 1.165) is 25.9 Å². The van der Waals surface area contributed by atoms with E-state index < -0.39 is 0 Å². The fourth-order valence-electron chi connectivity index (χ4n) is 3.68. The molecule has 0 N–H and O–H groups in total. The van der Waals surface area contributed by atoms with Gasteiger partial charge in [-0.2, -0.15) is 0 Å². The molecule has 5 nitrogen and oxygen atoms in total. The predicted molar refractivity (Wildman–Crippen MR) is 76.4 cm³/mol. The molecule has 5 heteroatoms. The summed E-state index contributed by atoms with van der Waals surface area (Å²) in [6.07, 6.45) is 9.45. The second-order valence-electron chi connectivity index (χ2n) is 5.64. The molecule has 2 fully saturated rings. The van der Waals surface area contributed by atoms with Crippen LogP contribution in [0.5, 0.6) is 0 Å². The van der Waals surface area contributed by atoms with Gasteiger partial charge in [-0.15, -0.1) is 0 Å². The molecule has 1 aromatic heterocycles. The van der Waals surface area contributed by atoms with Crippen LogP contribution in [0.1, 0.15) is 43.1 Å². The third-order valence-corrected chi connectivity index (χ3v) is 4.61. The van der Waals surface area contributed by atoms with Crippen LogP contribution in [0.3, 0.4) is 0 Å². The smallest absolute Gasteiger partial charge is 0.274 e. The van der Waals surface area contributed by atoms with Gasteiger partial charge in [-0.25, -0.2) is 4.98 Å². The van der Waals surface area contributed by atoms with Crippen molar-refractivity contribution in [2.75, 3.05) is 19.6 Å². The fraction of sp³-hybridized carbons (Fsp3) is 0.667. The molecule has 2 aliphatic rings. The molecule has 0 unspecified atom stereocenters. The maximum atomic E-state index is 12.6. The zero-order valence-corrected chi connectivity index (χ0v) is 12.0. The van der Waals surface area contributed by atoms with Gasteiger partial charge >= 0.3 is 0 Å². The van der Waals surface area contributed by atoms with Crippen molar-refractivity contribution in [1.29, 1.82) is 0 Å². The largest absolute Gasteiger partial charge is 0.333 e. The van der Waals surface area contributed by atoms with Gasteiger partial charge in [0.15, 0.2) is 0 Å². The van der Waals surface area contributed by atoms with Crippen molar-refractivity contribution in [3.8, 4) is 0 Å². The molecular formula is C15H22N4O. The maximum absolute atomic E-state index is 12.6. The Hall–Kier alpha value is -1.49. The van der Waals surface area contributed by atoms with Crippen molar-refractivity contribution >= 4 is 5.91 Å². The van der Waals surface area contributed by atoms with Gasteiger partial charge in [0.25, 0.3) is 5.91 Å². The Morgan fingerprint density at radius 3 is 2.80 bits per heavy atom. The van der Waals surface area contributed by atoms with E-state index in [4.69, 9.17) is 0 Å². The minimum absolute atomic E-state index is 0.0450. The summed E-state index contributed by atoms with van der Waals surface area (Å²) < 4.78 is 0. The lowest BCUT2D eigenvalue weighted by Gasteiger charge is -2.34. The molecule has 0 aliphatic carbocycles. The first-order valence-corrected chi connectivity index (χ1v) is 7.62. The fourth-order valence-corrected chi connectivity index (χ4v) is 3.68. The molecule has 1 amide bonds. The van der Waals surface area contributed by atoms with Crippen molar-refractivity contribution in [1.82, 2.24) is 19.8 Å². The maximum Gasteiger partial charge on any atom is 0.274 e. The Morgan fingerprint density at radius 2 is 2.05 bits per heavy atom. The predicted octanol–water partition coefficient (Wildman–Crippen LogP) is 1.57. The number of hydrogen-bond acceptors (Lipinski definition) is 4. The molecule has 0 radical (unpaired) electrons. The molecule has 0 spiro atoms. The van der Waals surface area contributed by atoms with Crippen LogP contribution in [0.15, 0.2) is 18.6 Å². The average molecular weight is 274 g/mol. The van der Waals surface area contributed by atoms with E-state index in [9.17, 15) is 4.79 Å². The summed E-state index contributed by atoms with van der Waals surface area (Å²) in [6, 6.07) is 0.884. The molecule has 1 aromatic rings. The van der Waals surface area contributed by atoms with Crippen LogP contribution < -0.4 is 0 Å². The average Bonchev–Trinajstić information content (AvgIpc) is 3.15. The third-order valence-electron chi connectivity index (χ3n) is 4.61. The van der Waals surface area contributed by atoms with E-state index in [2.05, 4.69) is 21.8 Å². The molecule has 0 aromatic carbocycles. The Bertz CT molecular complexity index is 464. The highest BCUT2D eigenvalue weighted by Gasteiger charge is 2.39. The van der Waals surface area contributed by atoms with Gasteiger partial charge in [0.1, 0.15) is 5.69 Å². The second kappa shape index (κ2) is 5.87. The topological polar surface area (TPSA) is 49.3 Å². The minimum atomic E-state index is 0.0450. The summed E-state index contributed by atoms with van der Waals surface area (Å²) in [5, 5.41) is 0. The van der Waals surface area contributed by atoms with Crippen LogP contribution in [0, 0.1) is 0 Å². The van der Waals surface area contributed by atoms with E-state index in [1.54, 1.807) is 18.6 Å². The first kappa shape index (κ1) is 13.5. The number of nitrogens with zero attached hydrogens (tertiary/aromatic N) is 4. The highest BCUT2D eigenvalue weighted by Crippen LogP contribution is 2.30. The number of aromatic nitrogens is 2. The monoisotopic (exact) mass is 274 g/mol. The number of carbonyl (C=O) groups excluding carboxylic acids is 1. The summed E-state index contributed by atoms with van der Waals surface area (Å²) in [5.74, 6) is 0.0450. The molecule has 2 atom stereocenters. The van der Waals surface area contributed by atoms with Crippen LogP contribution in [0.25, 0.3) is 0 Å². The van der Waals surface area contributed by atoms with Crippen molar-refractivity contribution in [3.63, 3.8) is 0 Å². The van der Waals surface area contributed by atoms with Gasteiger partial charge in [0.05, 0.1) is 6.20 Å². The number of likely N-dealkylation sites (tertiary alicyclic amines) is 2. The molecule has 0 saturated carbocycles. The lowest BCUT2D eigenvalue weighted by Crippen LogP contribution is -2.48. The lowest BCUT2D eigenvalue weighted by molar-refractivity contribution is 0.0643. The summed E-state index contributed by atoms with van der Waals surface area (Å²) >= 11 is 0. The SMILES string of the molecule is CCN1CCC[C@H]1[C@H]1CCCN1C(=O)c1cnccn1. The van der Waals surface area contributed by atoms with E-state index in [-0.39, 0.29) is 5.91 Å². The van der Waals surface area contributed by atoms with Gasteiger partial charge in [-0.05, 0) is 38.8 Å². The standard InChI is InChI=1S/C15H22N4O/c1-2-18-9-3-5-13(18)14-6-4-10-19(14)15(20)12-11-16-7-8-17-12/h7-8,11,13-14H,2-6,9-10H2,1H3/t13-,14+/m0/s1. The van der Waals surface area contributed by atoms with Crippen LogP contribution in [-0.2, 0) is 0 Å². The van der Waals surface area contributed by atoms with Crippen LogP contribution in [0.4, 0.5) is 0 Å².